The molecule has 0 aliphatic carbocycles. The highest BCUT2D eigenvalue weighted by molar-refractivity contribution is 6.30. The number of aromatic hydroxyl groups is 1. The number of nitrogens with one attached hydrogen (secondary N) is 3. The summed E-state index contributed by atoms with van der Waals surface area (Å²) in [5.74, 6) is -2.15. The van der Waals surface area contributed by atoms with Crippen molar-refractivity contribution < 1.29 is 14.7 Å². The second-order valence-corrected chi connectivity index (χ2v) is 6.53. The van der Waals surface area contributed by atoms with Crippen molar-refractivity contribution in [2.45, 2.75) is 12.6 Å². The predicted octanol–water partition coefficient (Wildman–Crippen LogP) is 2.73. The number of carbonyl (C=O) groups is 2. The van der Waals surface area contributed by atoms with Crippen LogP contribution in [-0.4, -0.2) is 26.9 Å². The zero-order valence-electron chi connectivity index (χ0n) is 15.1. The number of benzene rings is 2. The Morgan fingerprint density at radius 3 is 2.41 bits per heavy atom. The maximum absolute atomic E-state index is 12.5. The van der Waals surface area contributed by atoms with Crippen LogP contribution >= 0.6 is 11.6 Å². The Kier molecular flexibility index (Phi) is 6.25. The Labute approximate surface area is 171 Å². The van der Waals surface area contributed by atoms with Crippen LogP contribution in [0.1, 0.15) is 27.5 Å². The van der Waals surface area contributed by atoms with Crippen molar-refractivity contribution in [3.8, 4) is 5.88 Å². The molecule has 1 aromatic heterocycles. The van der Waals surface area contributed by atoms with Gasteiger partial charge in [-0.1, -0.05) is 54.1 Å². The highest BCUT2D eigenvalue weighted by Crippen LogP contribution is 2.18. The van der Waals surface area contributed by atoms with E-state index in [-0.39, 0.29) is 11.5 Å². The molecule has 0 bridgehead atoms. The van der Waals surface area contributed by atoms with Crippen LogP contribution in [0.25, 0.3) is 0 Å². The summed E-state index contributed by atoms with van der Waals surface area (Å²) < 4.78 is 0. The quantitative estimate of drug-likeness (QED) is 0.549. The predicted molar refractivity (Wildman–Crippen MR) is 107 cm³/mol. The summed E-state index contributed by atoms with van der Waals surface area (Å²) in [7, 11) is 0. The van der Waals surface area contributed by atoms with Crippen LogP contribution in [0.15, 0.2) is 60.8 Å². The van der Waals surface area contributed by atoms with Gasteiger partial charge in [0, 0.05) is 17.8 Å². The third-order valence-corrected chi connectivity index (χ3v) is 4.30. The fourth-order valence-electron chi connectivity index (χ4n) is 2.56. The maximum atomic E-state index is 12.5. The number of amides is 2. The Hall–Kier alpha value is -3.65. The molecule has 3 aromatic rings. The van der Waals surface area contributed by atoms with Crippen molar-refractivity contribution in [3.05, 3.63) is 82.5 Å². The zero-order chi connectivity index (χ0) is 20.8. The molecule has 0 saturated carbocycles. The standard InChI is InChI=1S/C20H17ClN5O3/c21-14-8-6-12(7-9-14)10-23-20-24-11-15(19(29)26-20)18(28)25-16(17(22)27)13-4-2-1-3-5-13/h1-9,11,16,22H,10H2,(H,25,28)(H2,23,24,26,29). The van der Waals surface area contributed by atoms with E-state index in [0.717, 1.165) is 11.8 Å². The molecule has 0 aliphatic heterocycles. The summed E-state index contributed by atoms with van der Waals surface area (Å²) >= 11 is 5.84. The molecule has 2 aromatic carbocycles. The van der Waals surface area contributed by atoms with E-state index >= 15 is 0 Å². The zero-order valence-corrected chi connectivity index (χ0v) is 15.8. The molecule has 147 valence electrons. The SMILES string of the molecule is [NH]C(=O)C(NC(=O)c1cnc(NCc2ccc(Cl)cc2)nc1O)c1ccccc1. The summed E-state index contributed by atoms with van der Waals surface area (Å²) in [6, 6.07) is 14.4. The molecular weight excluding hydrogens is 394 g/mol. The lowest BCUT2D eigenvalue weighted by Gasteiger charge is -2.15. The highest BCUT2D eigenvalue weighted by Gasteiger charge is 2.23. The maximum Gasteiger partial charge on any atom is 0.265 e. The molecule has 3 rings (SSSR count). The molecule has 29 heavy (non-hydrogen) atoms. The first-order valence-corrected chi connectivity index (χ1v) is 8.97. The third-order valence-electron chi connectivity index (χ3n) is 4.05. The number of carbonyl (C=O) groups excluding carboxylic acids is 2. The Morgan fingerprint density at radius 2 is 1.79 bits per heavy atom. The van der Waals surface area contributed by atoms with E-state index in [9.17, 15) is 14.7 Å². The van der Waals surface area contributed by atoms with Gasteiger partial charge in [0.2, 0.25) is 11.8 Å². The summed E-state index contributed by atoms with van der Waals surface area (Å²) in [6.45, 7) is 0.394. The molecule has 4 N–H and O–H groups in total. The van der Waals surface area contributed by atoms with Crippen LogP contribution in [0.2, 0.25) is 5.02 Å². The average molecular weight is 411 g/mol. The van der Waals surface area contributed by atoms with Crippen molar-refractivity contribution in [1.82, 2.24) is 21.0 Å². The van der Waals surface area contributed by atoms with E-state index in [1.54, 1.807) is 42.5 Å². The molecule has 0 fully saturated rings. The van der Waals surface area contributed by atoms with Crippen LogP contribution < -0.4 is 16.4 Å². The molecule has 1 unspecified atom stereocenters. The molecule has 0 aliphatic rings. The number of halogens is 1. The monoisotopic (exact) mass is 410 g/mol. The fourth-order valence-corrected chi connectivity index (χ4v) is 2.68. The van der Waals surface area contributed by atoms with Gasteiger partial charge in [-0.15, -0.1) is 0 Å². The lowest BCUT2D eigenvalue weighted by atomic mass is 10.1. The van der Waals surface area contributed by atoms with Gasteiger partial charge in [-0.25, -0.2) is 4.98 Å². The van der Waals surface area contributed by atoms with E-state index in [0.29, 0.717) is 17.1 Å². The Morgan fingerprint density at radius 1 is 1.10 bits per heavy atom. The van der Waals surface area contributed by atoms with Gasteiger partial charge in [0.05, 0.1) is 0 Å². The summed E-state index contributed by atoms with van der Waals surface area (Å²) in [5, 5.41) is 16.1. The molecule has 1 atom stereocenters. The highest BCUT2D eigenvalue weighted by atomic mass is 35.5. The van der Waals surface area contributed by atoms with Crippen molar-refractivity contribution in [2.24, 2.45) is 0 Å². The first-order valence-electron chi connectivity index (χ1n) is 8.59. The molecule has 8 nitrogen and oxygen atoms in total. The summed E-state index contributed by atoms with van der Waals surface area (Å²) in [6.07, 6.45) is 1.15. The van der Waals surface area contributed by atoms with Gasteiger partial charge in [-0.2, -0.15) is 4.98 Å². The van der Waals surface area contributed by atoms with Crippen molar-refractivity contribution in [1.29, 1.82) is 0 Å². The molecule has 0 spiro atoms. The number of nitrogens with zero attached hydrogens (tertiary/aromatic N) is 2. The minimum atomic E-state index is -1.16. The fraction of sp³-hybridized carbons (Fsp3) is 0.100. The second-order valence-electron chi connectivity index (χ2n) is 6.09. The van der Waals surface area contributed by atoms with Crippen LogP contribution in [0.4, 0.5) is 5.95 Å². The van der Waals surface area contributed by atoms with Crippen LogP contribution in [0, 0.1) is 0 Å². The summed E-state index contributed by atoms with van der Waals surface area (Å²) in [5.41, 5.74) is 8.59. The van der Waals surface area contributed by atoms with Gasteiger partial charge in [0.15, 0.2) is 0 Å². The molecule has 1 heterocycles. The van der Waals surface area contributed by atoms with Crippen molar-refractivity contribution in [2.75, 3.05) is 5.32 Å². The van der Waals surface area contributed by atoms with Crippen molar-refractivity contribution in [3.63, 3.8) is 0 Å². The van der Waals surface area contributed by atoms with E-state index in [4.69, 9.17) is 17.3 Å². The van der Waals surface area contributed by atoms with Gasteiger partial charge in [-0.05, 0) is 23.3 Å². The van der Waals surface area contributed by atoms with Crippen LogP contribution in [-0.2, 0) is 11.3 Å². The number of aromatic nitrogens is 2. The largest absolute Gasteiger partial charge is 0.493 e. The van der Waals surface area contributed by atoms with E-state index in [1.807, 2.05) is 12.1 Å². The second kappa shape index (κ2) is 9.03. The van der Waals surface area contributed by atoms with Gasteiger partial charge in [-0.3, -0.25) is 15.3 Å². The van der Waals surface area contributed by atoms with Crippen LogP contribution in [0.3, 0.4) is 0 Å². The Balaban J connectivity index is 1.69. The number of hydrogen-bond acceptors (Lipinski definition) is 6. The summed E-state index contributed by atoms with van der Waals surface area (Å²) in [4.78, 5) is 32.0. The Bertz CT molecular complexity index is 1010. The number of rotatable bonds is 7. The number of anilines is 1. The molecular formula is C20H17ClN5O3. The average Bonchev–Trinajstić information content (AvgIpc) is 2.72. The van der Waals surface area contributed by atoms with Gasteiger partial charge >= 0.3 is 0 Å². The van der Waals surface area contributed by atoms with Gasteiger partial charge in [0.1, 0.15) is 11.6 Å². The van der Waals surface area contributed by atoms with Crippen molar-refractivity contribution >= 4 is 29.4 Å². The van der Waals surface area contributed by atoms with E-state index in [1.165, 1.54) is 0 Å². The smallest absolute Gasteiger partial charge is 0.265 e. The molecule has 2 amide bonds. The third kappa shape index (κ3) is 5.20. The molecule has 0 saturated heterocycles. The minimum Gasteiger partial charge on any atom is -0.493 e. The normalized spacial score (nSPS) is 11.5. The van der Waals surface area contributed by atoms with Gasteiger partial charge < -0.3 is 15.7 Å². The van der Waals surface area contributed by atoms with E-state index < -0.39 is 23.7 Å². The molecule has 9 heteroatoms. The lowest BCUT2D eigenvalue weighted by molar-refractivity contribution is -0.120. The topological polar surface area (TPSA) is 128 Å². The minimum absolute atomic E-state index is 0.130. The van der Waals surface area contributed by atoms with Crippen LogP contribution in [0.5, 0.6) is 5.88 Å². The first kappa shape index (κ1) is 20.1. The lowest BCUT2D eigenvalue weighted by Crippen LogP contribution is -2.34. The number of hydrogen-bond donors (Lipinski definition) is 3. The van der Waals surface area contributed by atoms with Gasteiger partial charge in [0.25, 0.3) is 11.8 Å². The first-order chi connectivity index (χ1) is 13.9. The molecule has 1 radical (unpaired) electrons. The van der Waals surface area contributed by atoms with E-state index in [2.05, 4.69) is 20.6 Å².